The molecular formula is C13H22N2O2. The Hall–Kier alpha value is -0.840. The molecule has 1 fully saturated rings. The summed E-state index contributed by atoms with van der Waals surface area (Å²) in [6.45, 7) is 2.52. The van der Waals surface area contributed by atoms with E-state index in [0.29, 0.717) is 6.54 Å². The third-order valence-electron chi connectivity index (χ3n) is 3.34. The third kappa shape index (κ3) is 3.84. The molecule has 2 rings (SSSR count). The Morgan fingerprint density at radius 3 is 2.94 bits per heavy atom. The van der Waals surface area contributed by atoms with Gasteiger partial charge in [0.1, 0.15) is 5.76 Å². The van der Waals surface area contributed by atoms with E-state index in [-0.39, 0.29) is 6.10 Å². The molecule has 0 aliphatic heterocycles. The summed E-state index contributed by atoms with van der Waals surface area (Å²) >= 11 is 0. The van der Waals surface area contributed by atoms with Gasteiger partial charge in [-0.15, -0.1) is 0 Å². The molecule has 0 amide bonds. The molecule has 1 unspecified atom stereocenters. The summed E-state index contributed by atoms with van der Waals surface area (Å²) in [6, 6.07) is 4.71. The number of rotatable bonds is 8. The van der Waals surface area contributed by atoms with E-state index in [1.54, 1.807) is 13.4 Å². The highest BCUT2D eigenvalue weighted by Crippen LogP contribution is 2.28. The topological polar surface area (TPSA) is 51.6 Å². The number of nitrogens with zero attached hydrogens (tertiary/aromatic N) is 1. The summed E-state index contributed by atoms with van der Waals surface area (Å²) in [5, 5.41) is 0. The maximum atomic E-state index is 5.64. The second-order valence-corrected chi connectivity index (χ2v) is 4.66. The summed E-state index contributed by atoms with van der Waals surface area (Å²) in [7, 11) is 1.73. The zero-order valence-corrected chi connectivity index (χ0v) is 10.5. The third-order valence-corrected chi connectivity index (χ3v) is 3.34. The predicted octanol–water partition coefficient (Wildman–Crippen LogP) is 1.61. The molecule has 1 aliphatic carbocycles. The molecule has 0 saturated heterocycles. The Morgan fingerprint density at radius 1 is 1.59 bits per heavy atom. The SMILES string of the molecule is COC(CN)CCN(Cc1ccco1)C1CC1. The van der Waals surface area contributed by atoms with Crippen LogP contribution in [-0.2, 0) is 11.3 Å². The minimum Gasteiger partial charge on any atom is -0.468 e. The van der Waals surface area contributed by atoms with E-state index in [9.17, 15) is 0 Å². The van der Waals surface area contributed by atoms with Crippen LogP contribution >= 0.6 is 0 Å². The molecule has 0 aromatic carbocycles. The number of hydrogen-bond acceptors (Lipinski definition) is 4. The first-order valence-electron chi connectivity index (χ1n) is 6.32. The molecule has 1 aromatic heterocycles. The minimum absolute atomic E-state index is 0.174. The molecule has 1 saturated carbocycles. The van der Waals surface area contributed by atoms with Gasteiger partial charge in [0.2, 0.25) is 0 Å². The number of ether oxygens (including phenoxy) is 1. The Balaban J connectivity index is 1.81. The van der Waals surface area contributed by atoms with Crippen LogP contribution in [0.15, 0.2) is 22.8 Å². The molecule has 1 heterocycles. The molecule has 0 radical (unpaired) electrons. The lowest BCUT2D eigenvalue weighted by Gasteiger charge is -2.23. The van der Waals surface area contributed by atoms with Crippen molar-refractivity contribution in [1.29, 1.82) is 0 Å². The Morgan fingerprint density at radius 2 is 2.41 bits per heavy atom. The molecule has 4 nitrogen and oxygen atoms in total. The van der Waals surface area contributed by atoms with Crippen molar-refractivity contribution >= 4 is 0 Å². The number of nitrogens with two attached hydrogens (primary N) is 1. The van der Waals surface area contributed by atoms with Crippen molar-refractivity contribution in [2.24, 2.45) is 5.73 Å². The maximum absolute atomic E-state index is 5.64. The normalized spacial score (nSPS) is 17.6. The van der Waals surface area contributed by atoms with E-state index in [1.807, 2.05) is 12.1 Å². The van der Waals surface area contributed by atoms with Gasteiger partial charge in [-0.2, -0.15) is 0 Å². The lowest BCUT2D eigenvalue weighted by atomic mass is 10.2. The summed E-state index contributed by atoms with van der Waals surface area (Å²) < 4.78 is 10.7. The Labute approximate surface area is 103 Å². The first-order valence-corrected chi connectivity index (χ1v) is 6.32. The molecule has 1 aromatic rings. The highest BCUT2D eigenvalue weighted by Gasteiger charge is 2.29. The summed E-state index contributed by atoms with van der Waals surface area (Å²) in [6.07, 6.45) is 5.51. The van der Waals surface area contributed by atoms with Gasteiger partial charge in [-0.25, -0.2) is 0 Å². The van der Waals surface area contributed by atoms with Crippen molar-refractivity contribution in [1.82, 2.24) is 4.90 Å². The predicted molar refractivity (Wildman–Crippen MR) is 66.6 cm³/mol. The van der Waals surface area contributed by atoms with Gasteiger partial charge in [0.15, 0.2) is 0 Å². The first-order chi connectivity index (χ1) is 8.33. The molecule has 1 atom stereocenters. The van der Waals surface area contributed by atoms with Crippen LogP contribution in [0, 0.1) is 0 Å². The highest BCUT2D eigenvalue weighted by molar-refractivity contribution is 4.99. The molecule has 1 aliphatic rings. The van der Waals surface area contributed by atoms with Gasteiger partial charge in [0.25, 0.3) is 0 Å². The Kier molecular flexibility index (Phi) is 4.59. The Bertz CT molecular complexity index is 305. The largest absolute Gasteiger partial charge is 0.468 e. The number of methoxy groups -OCH3 is 1. The van der Waals surface area contributed by atoms with Gasteiger partial charge in [-0.1, -0.05) is 0 Å². The molecule has 4 heteroatoms. The fourth-order valence-corrected chi connectivity index (χ4v) is 2.07. The van der Waals surface area contributed by atoms with Crippen LogP contribution in [0.4, 0.5) is 0 Å². The minimum atomic E-state index is 0.174. The number of furan rings is 1. The van der Waals surface area contributed by atoms with E-state index >= 15 is 0 Å². The fraction of sp³-hybridized carbons (Fsp3) is 0.692. The van der Waals surface area contributed by atoms with Crippen molar-refractivity contribution in [3.05, 3.63) is 24.2 Å². The van der Waals surface area contributed by atoms with Crippen LogP contribution in [0.5, 0.6) is 0 Å². The van der Waals surface area contributed by atoms with Gasteiger partial charge in [0.05, 0.1) is 18.9 Å². The van der Waals surface area contributed by atoms with Crippen LogP contribution in [0.3, 0.4) is 0 Å². The van der Waals surface area contributed by atoms with E-state index in [1.165, 1.54) is 12.8 Å². The quantitative estimate of drug-likeness (QED) is 0.747. The van der Waals surface area contributed by atoms with E-state index in [0.717, 1.165) is 31.3 Å². The number of hydrogen-bond donors (Lipinski definition) is 1. The van der Waals surface area contributed by atoms with Crippen molar-refractivity contribution < 1.29 is 9.15 Å². The maximum Gasteiger partial charge on any atom is 0.117 e. The summed E-state index contributed by atoms with van der Waals surface area (Å²) in [5.41, 5.74) is 5.64. The second kappa shape index (κ2) is 6.19. The van der Waals surface area contributed by atoms with Crippen molar-refractivity contribution in [3.8, 4) is 0 Å². The second-order valence-electron chi connectivity index (χ2n) is 4.66. The standard InChI is InChI=1S/C13H22N2O2/c1-16-12(9-14)6-7-15(11-4-5-11)10-13-3-2-8-17-13/h2-3,8,11-12H,4-7,9-10,14H2,1H3. The van der Waals surface area contributed by atoms with Crippen molar-refractivity contribution in [2.45, 2.75) is 38.0 Å². The van der Waals surface area contributed by atoms with E-state index in [4.69, 9.17) is 14.9 Å². The van der Waals surface area contributed by atoms with Crippen LogP contribution in [0.1, 0.15) is 25.0 Å². The first kappa shape index (κ1) is 12.6. The van der Waals surface area contributed by atoms with Gasteiger partial charge in [-0.05, 0) is 31.4 Å². The molecular weight excluding hydrogens is 216 g/mol. The lowest BCUT2D eigenvalue weighted by molar-refractivity contribution is 0.0857. The van der Waals surface area contributed by atoms with Crippen LogP contribution in [0.25, 0.3) is 0 Å². The van der Waals surface area contributed by atoms with Gasteiger partial charge >= 0.3 is 0 Å². The molecule has 0 bridgehead atoms. The average molecular weight is 238 g/mol. The summed E-state index contributed by atoms with van der Waals surface area (Å²) in [5.74, 6) is 1.04. The van der Waals surface area contributed by atoms with E-state index < -0.39 is 0 Å². The van der Waals surface area contributed by atoms with Crippen molar-refractivity contribution in [2.75, 3.05) is 20.2 Å². The van der Waals surface area contributed by atoms with Crippen molar-refractivity contribution in [3.63, 3.8) is 0 Å². The van der Waals surface area contributed by atoms with Gasteiger partial charge in [0, 0.05) is 26.2 Å². The van der Waals surface area contributed by atoms with Crippen LogP contribution in [-0.4, -0.2) is 37.2 Å². The lowest BCUT2D eigenvalue weighted by Crippen LogP contribution is -2.32. The van der Waals surface area contributed by atoms with Crippen LogP contribution in [0.2, 0.25) is 0 Å². The fourth-order valence-electron chi connectivity index (χ4n) is 2.07. The van der Waals surface area contributed by atoms with Gasteiger partial charge < -0.3 is 14.9 Å². The monoisotopic (exact) mass is 238 g/mol. The summed E-state index contributed by atoms with van der Waals surface area (Å²) in [4.78, 5) is 2.47. The smallest absolute Gasteiger partial charge is 0.117 e. The highest BCUT2D eigenvalue weighted by atomic mass is 16.5. The molecule has 2 N–H and O–H groups in total. The average Bonchev–Trinajstić information content (AvgIpc) is 3.07. The molecule has 0 spiro atoms. The van der Waals surface area contributed by atoms with Gasteiger partial charge in [-0.3, -0.25) is 4.90 Å². The zero-order chi connectivity index (χ0) is 12.1. The molecule has 17 heavy (non-hydrogen) atoms. The zero-order valence-electron chi connectivity index (χ0n) is 10.5. The van der Waals surface area contributed by atoms with E-state index in [2.05, 4.69) is 4.90 Å². The van der Waals surface area contributed by atoms with Crippen LogP contribution < -0.4 is 5.73 Å². The molecule has 96 valence electrons.